The number of aliphatic hydroxyl groups is 1. The van der Waals surface area contributed by atoms with Crippen LogP contribution >= 0.6 is 0 Å². The van der Waals surface area contributed by atoms with Gasteiger partial charge in [0.05, 0.1) is 12.2 Å². The second-order valence-electron chi connectivity index (χ2n) is 9.06. The lowest BCUT2D eigenvalue weighted by molar-refractivity contribution is 0.0393. The topological polar surface area (TPSA) is 70.1 Å². The SMILES string of the molecule is CC[C@@]1(CN(C)CC2=CC(F)C(OC)CC2)[C@@H](O)CN(C2CCCCC2)S1(=O)=O. The van der Waals surface area contributed by atoms with E-state index in [4.69, 9.17) is 4.74 Å². The molecule has 0 radical (unpaired) electrons. The van der Waals surface area contributed by atoms with Gasteiger partial charge in [0.15, 0.2) is 0 Å². The molecule has 1 saturated carbocycles. The minimum atomic E-state index is -3.62. The molecule has 2 fully saturated rings. The van der Waals surface area contributed by atoms with E-state index < -0.39 is 33.1 Å². The van der Waals surface area contributed by atoms with Crippen LogP contribution in [0.15, 0.2) is 11.6 Å². The van der Waals surface area contributed by atoms with Gasteiger partial charge in [0.2, 0.25) is 10.0 Å². The zero-order chi connectivity index (χ0) is 21.2. The fraction of sp³-hybridized carbons (Fsp3) is 0.905. The van der Waals surface area contributed by atoms with Crippen LogP contribution in [0.5, 0.6) is 0 Å². The lowest BCUT2D eigenvalue weighted by Crippen LogP contribution is -2.53. The first kappa shape index (κ1) is 23.1. The van der Waals surface area contributed by atoms with E-state index in [0.717, 1.165) is 44.1 Å². The van der Waals surface area contributed by atoms with Crippen molar-refractivity contribution in [1.82, 2.24) is 9.21 Å². The Balaban J connectivity index is 1.73. The molecule has 1 heterocycles. The maximum atomic E-state index is 14.2. The molecule has 0 amide bonds. The highest BCUT2D eigenvalue weighted by molar-refractivity contribution is 7.90. The first-order chi connectivity index (χ1) is 13.7. The molecule has 0 aromatic rings. The van der Waals surface area contributed by atoms with E-state index in [1.54, 1.807) is 10.4 Å². The Kier molecular flexibility index (Phi) is 7.42. The molecule has 1 N–H and O–H groups in total. The van der Waals surface area contributed by atoms with Crippen molar-refractivity contribution in [3.63, 3.8) is 0 Å². The molecule has 29 heavy (non-hydrogen) atoms. The van der Waals surface area contributed by atoms with E-state index in [1.807, 2.05) is 18.9 Å². The smallest absolute Gasteiger partial charge is 0.224 e. The summed E-state index contributed by atoms with van der Waals surface area (Å²) >= 11 is 0. The van der Waals surface area contributed by atoms with Crippen molar-refractivity contribution in [2.75, 3.05) is 33.8 Å². The number of alkyl halides is 1. The van der Waals surface area contributed by atoms with Crippen molar-refractivity contribution in [3.8, 4) is 0 Å². The number of hydrogen-bond donors (Lipinski definition) is 1. The molecule has 8 heteroatoms. The van der Waals surface area contributed by atoms with Gasteiger partial charge in [-0.2, -0.15) is 4.31 Å². The zero-order valence-corrected chi connectivity index (χ0v) is 18.8. The van der Waals surface area contributed by atoms with Crippen molar-refractivity contribution in [2.45, 2.75) is 87.5 Å². The van der Waals surface area contributed by atoms with Crippen LogP contribution < -0.4 is 0 Å². The van der Waals surface area contributed by atoms with Crippen molar-refractivity contribution < 1.29 is 22.7 Å². The Hall–Kier alpha value is -0.540. The van der Waals surface area contributed by atoms with Crippen molar-refractivity contribution in [2.24, 2.45) is 0 Å². The molecule has 4 atom stereocenters. The number of β-amino-alcohol motifs (C(OH)–C–C–N with tert-alkyl or cyclic N) is 1. The number of aliphatic hydroxyl groups excluding tert-OH is 1. The number of hydrogen-bond acceptors (Lipinski definition) is 5. The summed E-state index contributed by atoms with van der Waals surface area (Å²) in [5, 5.41) is 10.9. The molecule has 168 valence electrons. The number of nitrogens with zero attached hydrogens (tertiary/aromatic N) is 2. The maximum absolute atomic E-state index is 14.2. The van der Waals surface area contributed by atoms with Gasteiger partial charge in [0.1, 0.15) is 10.9 Å². The van der Waals surface area contributed by atoms with E-state index >= 15 is 0 Å². The molecule has 3 aliphatic rings. The number of halogens is 1. The summed E-state index contributed by atoms with van der Waals surface area (Å²) in [5.41, 5.74) is 0.966. The lowest BCUT2D eigenvalue weighted by atomic mass is 9.93. The quantitative estimate of drug-likeness (QED) is 0.626. The molecular weight excluding hydrogens is 395 g/mol. The number of likely N-dealkylation sites (N-methyl/N-ethyl adjacent to an activating group) is 1. The molecule has 0 aromatic carbocycles. The number of sulfonamides is 1. The van der Waals surface area contributed by atoms with Gasteiger partial charge in [-0.1, -0.05) is 31.8 Å². The molecule has 2 aliphatic carbocycles. The summed E-state index contributed by atoms with van der Waals surface area (Å²) in [6.45, 7) is 2.79. The minimum Gasteiger partial charge on any atom is -0.390 e. The van der Waals surface area contributed by atoms with Crippen molar-refractivity contribution >= 4 is 10.0 Å². The molecule has 2 unspecified atom stereocenters. The highest BCUT2D eigenvalue weighted by Gasteiger charge is 2.59. The third kappa shape index (κ3) is 4.42. The van der Waals surface area contributed by atoms with Gasteiger partial charge < -0.3 is 14.7 Å². The fourth-order valence-electron chi connectivity index (χ4n) is 5.41. The van der Waals surface area contributed by atoms with Crippen LogP contribution in [0.1, 0.15) is 58.3 Å². The molecule has 1 saturated heterocycles. The molecular formula is C21H37FN2O4S. The summed E-state index contributed by atoms with van der Waals surface area (Å²) in [4.78, 5) is 1.93. The summed E-state index contributed by atoms with van der Waals surface area (Å²) in [5.74, 6) is 0. The van der Waals surface area contributed by atoms with Gasteiger partial charge >= 0.3 is 0 Å². The predicted octanol–water partition coefficient (Wildman–Crippen LogP) is 2.48. The Morgan fingerprint density at radius 2 is 2.00 bits per heavy atom. The molecule has 3 rings (SSSR count). The van der Waals surface area contributed by atoms with E-state index in [9.17, 15) is 17.9 Å². The third-order valence-corrected chi connectivity index (χ3v) is 9.96. The number of methoxy groups -OCH3 is 1. The normalized spacial score (nSPS) is 36.5. The molecule has 1 aliphatic heterocycles. The highest BCUT2D eigenvalue weighted by atomic mass is 32.2. The average molecular weight is 433 g/mol. The van der Waals surface area contributed by atoms with Gasteiger partial charge in [-0.15, -0.1) is 0 Å². The number of rotatable bonds is 7. The van der Waals surface area contributed by atoms with Crippen LogP contribution in [0.2, 0.25) is 0 Å². The lowest BCUT2D eigenvalue weighted by Gasteiger charge is -2.36. The van der Waals surface area contributed by atoms with Gasteiger partial charge in [0, 0.05) is 32.8 Å². The first-order valence-electron chi connectivity index (χ1n) is 11.0. The fourth-order valence-corrected chi connectivity index (χ4v) is 7.99. The monoisotopic (exact) mass is 432 g/mol. The minimum absolute atomic E-state index is 0.0152. The Labute approximate surface area is 175 Å². The van der Waals surface area contributed by atoms with Crippen LogP contribution in [0, 0.1) is 0 Å². The Bertz CT molecular complexity index is 695. The van der Waals surface area contributed by atoms with Crippen molar-refractivity contribution in [3.05, 3.63) is 11.6 Å². The van der Waals surface area contributed by atoms with Gasteiger partial charge in [0.25, 0.3) is 0 Å². The molecule has 0 aromatic heterocycles. The van der Waals surface area contributed by atoms with Crippen LogP contribution in [0.3, 0.4) is 0 Å². The second kappa shape index (κ2) is 9.30. The summed E-state index contributed by atoms with van der Waals surface area (Å²) < 4.78 is 46.9. The Morgan fingerprint density at radius 1 is 1.31 bits per heavy atom. The van der Waals surface area contributed by atoms with Crippen LogP contribution in [0.4, 0.5) is 4.39 Å². The third-order valence-electron chi connectivity index (χ3n) is 7.18. The summed E-state index contributed by atoms with van der Waals surface area (Å²) in [6, 6.07) is 0.0152. The predicted molar refractivity (Wildman–Crippen MR) is 112 cm³/mol. The summed E-state index contributed by atoms with van der Waals surface area (Å²) in [6.07, 6.45) is 5.93. The number of ether oxygens (including phenoxy) is 1. The largest absolute Gasteiger partial charge is 0.390 e. The van der Waals surface area contributed by atoms with Crippen LogP contribution in [-0.4, -0.2) is 85.7 Å². The molecule has 0 spiro atoms. The van der Waals surface area contributed by atoms with E-state index in [-0.39, 0.29) is 19.1 Å². The van der Waals surface area contributed by atoms with Crippen LogP contribution in [-0.2, 0) is 14.8 Å². The van der Waals surface area contributed by atoms with E-state index in [2.05, 4.69) is 0 Å². The first-order valence-corrected chi connectivity index (χ1v) is 12.4. The molecule has 0 bridgehead atoms. The van der Waals surface area contributed by atoms with E-state index in [0.29, 0.717) is 19.4 Å². The average Bonchev–Trinajstić information content (AvgIpc) is 2.89. The summed E-state index contributed by atoms with van der Waals surface area (Å²) in [7, 11) is -0.234. The second-order valence-corrected chi connectivity index (χ2v) is 11.3. The van der Waals surface area contributed by atoms with Gasteiger partial charge in [-0.25, -0.2) is 12.8 Å². The van der Waals surface area contributed by atoms with Gasteiger partial charge in [-0.05, 0) is 45.2 Å². The van der Waals surface area contributed by atoms with E-state index in [1.165, 1.54) is 7.11 Å². The Morgan fingerprint density at radius 3 is 2.59 bits per heavy atom. The highest BCUT2D eigenvalue weighted by Crippen LogP contribution is 2.41. The van der Waals surface area contributed by atoms with Crippen LogP contribution in [0.25, 0.3) is 0 Å². The van der Waals surface area contributed by atoms with Gasteiger partial charge in [-0.3, -0.25) is 0 Å². The van der Waals surface area contributed by atoms with Crippen molar-refractivity contribution in [1.29, 1.82) is 0 Å². The maximum Gasteiger partial charge on any atom is 0.224 e. The zero-order valence-electron chi connectivity index (χ0n) is 18.0. The molecule has 6 nitrogen and oxygen atoms in total. The standard InChI is InChI=1S/C21H37FN2O4S/c1-4-21(15-23(2)13-16-10-11-19(28-3)18(22)12-16)20(25)14-24(29(21,26)27)17-8-6-5-7-9-17/h12,17-20,25H,4-11,13-15H2,1-3H3/t18?,19?,20-,21+/m0/s1.